The molecule has 4 aromatic carbocycles. The van der Waals surface area contributed by atoms with Gasteiger partial charge in [-0.2, -0.15) is 0 Å². The Morgan fingerprint density at radius 3 is 2.02 bits per heavy atom. The van der Waals surface area contributed by atoms with Gasteiger partial charge in [0, 0.05) is 37.1 Å². The largest absolute Gasteiger partial charge is 0.345 e. The van der Waals surface area contributed by atoms with Gasteiger partial charge in [-0.3, -0.25) is 9.59 Å². The summed E-state index contributed by atoms with van der Waals surface area (Å²) >= 11 is 0. The summed E-state index contributed by atoms with van der Waals surface area (Å²) in [4.78, 5) is 31.2. The number of carbonyl (C=O) groups is 2. The van der Waals surface area contributed by atoms with Crippen LogP contribution >= 0.6 is 0 Å². The van der Waals surface area contributed by atoms with E-state index in [2.05, 4.69) is 11.5 Å². The molecule has 0 saturated heterocycles. The fourth-order valence-electron chi connectivity index (χ4n) is 5.25. The molecule has 0 radical (unpaired) electrons. The summed E-state index contributed by atoms with van der Waals surface area (Å²) in [6, 6.07) is 38.0. The number of unbranched alkanes of at least 4 members (excludes halogenated alkanes) is 1. The molecule has 0 spiro atoms. The van der Waals surface area contributed by atoms with Crippen molar-refractivity contribution in [2.45, 2.75) is 39.4 Å². The van der Waals surface area contributed by atoms with Gasteiger partial charge in [-0.1, -0.05) is 98.3 Å². The van der Waals surface area contributed by atoms with E-state index >= 15 is 0 Å². The van der Waals surface area contributed by atoms with E-state index in [1.807, 2.05) is 108 Å². The third-order valence-electron chi connectivity index (χ3n) is 7.75. The van der Waals surface area contributed by atoms with Gasteiger partial charge in [0.05, 0.1) is 6.54 Å². The number of hydrogen-bond donors (Lipinski definition) is 0. The molecular weight excluding hydrogens is 549 g/mol. The number of amides is 2. The third-order valence-corrected chi connectivity index (χ3v) is 7.75. The highest BCUT2D eigenvalue weighted by Gasteiger charge is 2.23. The maximum atomic E-state index is 14.0. The number of benzene rings is 4. The third kappa shape index (κ3) is 8.10. The first-order valence-electron chi connectivity index (χ1n) is 15.1. The number of halogens is 1. The molecule has 0 aliphatic rings. The molecule has 0 bridgehead atoms. The van der Waals surface area contributed by atoms with Crippen LogP contribution in [0.25, 0.3) is 11.1 Å². The van der Waals surface area contributed by atoms with Crippen LogP contribution in [0.2, 0.25) is 0 Å². The molecule has 1 aromatic heterocycles. The van der Waals surface area contributed by atoms with Gasteiger partial charge in [-0.05, 0) is 65.1 Å². The van der Waals surface area contributed by atoms with Crippen molar-refractivity contribution in [3.8, 4) is 11.1 Å². The molecule has 5 rings (SSSR count). The van der Waals surface area contributed by atoms with Crippen molar-refractivity contribution < 1.29 is 14.0 Å². The maximum Gasteiger partial charge on any atom is 0.254 e. The van der Waals surface area contributed by atoms with Crippen LogP contribution in [0.5, 0.6) is 0 Å². The Bertz CT molecular complexity index is 1630. The van der Waals surface area contributed by atoms with Gasteiger partial charge in [0.15, 0.2) is 0 Å². The average molecular weight is 588 g/mol. The van der Waals surface area contributed by atoms with E-state index in [0.29, 0.717) is 31.7 Å². The highest BCUT2D eigenvalue weighted by Crippen LogP contribution is 2.21. The summed E-state index contributed by atoms with van der Waals surface area (Å²) in [7, 11) is 0. The molecule has 0 N–H and O–H groups in total. The Labute approximate surface area is 259 Å². The Balaban J connectivity index is 1.35. The van der Waals surface area contributed by atoms with Gasteiger partial charge in [0.25, 0.3) is 5.91 Å². The van der Waals surface area contributed by atoms with Gasteiger partial charge in [0.2, 0.25) is 5.91 Å². The lowest BCUT2D eigenvalue weighted by molar-refractivity contribution is -0.133. The maximum absolute atomic E-state index is 14.0. The molecule has 6 heteroatoms. The predicted molar refractivity (Wildman–Crippen MR) is 173 cm³/mol. The highest BCUT2D eigenvalue weighted by atomic mass is 19.1. The van der Waals surface area contributed by atoms with Crippen molar-refractivity contribution in [2.75, 3.05) is 13.1 Å². The Morgan fingerprint density at radius 2 is 1.34 bits per heavy atom. The van der Waals surface area contributed by atoms with Gasteiger partial charge in [-0.15, -0.1) is 0 Å². The molecule has 5 aromatic rings. The van der Waals surface area contributed by atoms with Crippen molar-refractivity contribution in [1.82, 2.24) is 14.4 Å². The molecule has 0 aliphatic carbocycles. The number of carbonyl (C=O) groups excluding carboxylic acids is 2. The molecule has 0 aliphatic heterocycles. The summed E-state index contributed by atoms with van der Waals surface area (Å²) in [6.45, 7) is 3.94. The lowest BCUT2D eigenvalue weighted by atomic mass is 10.0. The van der Waals surface area contributed by atoms with Crippen LogP contribution in [0.3, 0.4) is 0 Å². The van der Waals surface area contributed by atoms with Crippen molar-refractivity contribution >= 4 is 11.8 Å². The smallest absolute Gasteiger partial charge is 0.254 e. The number of aromatic nitrogens is 1. The zero-order valence-corrected chi connectivity index (χ0v) is 25.1. The van der Waals surface area contributed by atoms with Gasteiger partial charge in [0.1, 0.15) is 12.4 Å². The summed E-state index contributed by atoms with van der Waals surface area (Å²) in [5, 5.41) is 0. The van der Waals surface area contributed by atoms with Crippen LogP contribution in [-0.4, -0.2) is 39.3 Å². The second kappa shape index (κ2) is 15.0. The zero-order valence-electron chi connectivity index (χ0n) is 25.1. The normalized spacial score (nSPS) is 10.9. The summed E-state index contributed by atoms with van der Waals surface area (Å²) in [5.41, 5.74) is 5.64. The molecular formula is C38H38FN3O2. The second-order valence-corrected chi connectivity index (χ2v) is 11.0. The minimum absolute atomic E-state index is 0.00915. The predicted octanol–water partition coefficient (Wildman–Crippen LogP) is 7.81. The molecule has 1 heterocycles. The van der Waals surface area contributed by atoms with Crippen LogP contribution in [0.15, 0.2) is 128 Å². The molecule has 224 valence electrons. The Kier molecular flexibility index (Phi) is 10.4. The highest BCUT2D eigenvalue weighted by molar-refractivity contribution is 5.97. The minimum atomic E-state index is -0.268. The van der Waals surface area contributed by atoms with Crippen LogP contribution < -0.4 is 0 Å². The topological polar surface area (TPSA) is 45.6 Å². The van der Waals surface area contributed by atoms with Gasteiger partial charge < -0.3 is 14.4 Å². The van der Waals surface area contributed by atoms with Gasteiger partial charge >= 0.3 is 0 Å². The van der Waals surface area contributed by atoms with Crippen LogP contribution in [0.1, 0.15) is 46.9 Å². The van der Waals surface area contributed by atoms with Crippen LogP contribution in [0, 0.1) is 5.82 Å². The van der Waals surface area contributed by atoms with E-state index in [9.17, 15) is 14.0 Å². The Hall–Kier alpha value is -4.97. The minimum Gasteiger partial charge on any atom is -0.345 e. The van der Waals surface area contributed by atoms with E-state index in [1.165, 1.54) is 12.1 Å². The zero-order chi connectivity index (χ0) is 30.7. The molecule has 2 amide bonds. The number of hydrogen-bond acceptors (Lipinski definition) is 2. The summed E-state index contributed by atoms with van der Waals surface area (Å²) in [5.74, 6) is -0.532. The lowest BCUT2D eigenvalue weighted by Gasteiger charge is -2.28. The molecule has 0 saturated carbocycles. The van der Waals surface area contributed by atoms with E-state index in [0.717, 1.165) is 40.8 Å². The van der Waals surface area contributed by atoms with Crippen molar-refractivity contribution in [3.63, 3.8) is 0 Å². The fraction of sp³-hybridized carbons (Fsp3) is 0.211. The monoisotopic (exact) mass is 587 g/mol. The summed E-state index contributed by atoms with van der Waals surface area (Å²) in [6.07, 6.45) is 3.69. The molecule has 0 unspecified atom stereocenters. The fourth-order valence-corrected chi connectivity index (χ4v) is 5.25. The number of rotatable bonds is 13. The van der Waals surface area contributed by atoms with Crippen LogP contribution in [-0.2, 0) is 24.4 Å². The van der Waals surface area contributed by atoms with Gasteiger partial charge in [-0.25, -0.2) is 4.39 Å². The first kappa shape index (κ1) is 30.5. The van der Waals surface area contributed by atoms with E-state index in [1.54, 1.807) is 17.0 Å². The SMILES string of the molecule is CCCCN(CC(=O)N(Cc1ccccc1)Cc1cccn1Cc1ccc(F)cc1)C(=O)c1ccc(-c2ccccc2)cc1. The van der Waals surface area contributed by atoms with E-state index < -0.39 is 0 Å². The van der Waals surface area contributed by atoms with Crippen molar-refractivity contribution in [2.24, 2.45) is 0 Å². The molecule has 0 atom stereocenters. The molecule has 44 heavy (non-hydrogen) atoms. The molecule has 5 nitrogen and oxygen atoms in total. The average Bonchev–Trinajstić information content (AvgIpc) is 3.50. The van der Waals surface area contributed by atoms with E-state index in [-0.39, 0.29) is 24.2 Å². The van der Waals surface area contributed by atoms with Crippen molar-refractivity contribution in [3.05, 3.63) is 156 Å². The molecule has 0 fully saturated rings. The Morgan fingerprint density at radius 1 is 0.682 bits per heavy atom. The van der Waals surface area contributed by atoms with Crippen molar-refractivity contribution in [1.29, 1.82) is 0 Å². The van der Waals surface area contributed by atoms with Crippen LogP contribution in [0.4, 0.5) is 4.39 Å². The second-order valence-electron chi connectivity index (χ2n) is 11.0. The first-order chi connectivity index (χ1) is 21.5. The lowest BCUT2D eigenvalue weighted by Crippen LogP contribution is -2.43. The quantitative estimate of drug-likeness (QED) is 0.141. The summed E-state index contributed by atoms with van der Waals surface area (Å²) < 4.78 is 15.5. The standard InChI is InChI=1S/C38H38FN3O2/c1-2-3-24-41(38(44)34-20-18-33(19-21-34)32-13-8-5-9-14-32)29-37(43)42(27-30-11-6-4-7-12-30)28-36-15-10-25-40(36)26-31-16-22-35(39)23-17-31/h4-23,25H,2-3,24,26-29H2,1H3. The number of nitrogens with zero attached hydrogens (tertiary/aromatic N) is 3. The van der Waals surface area contributed by atoms with E-state index in [4.69, 9.17) is 0 Å². The first-order valence-corrected chi connectivity index (χ1v) is 15.1.